The van der Waals surface area contributed by atoms with Crippen molar-refractivity contribution in [2.75, 3.05) is 0 Å². The Balaban J connectivity index is 2.51. The first-order valence-electron chi connectivity index (χ1n) is 5.91. The van der Waals surface area contributed by atoms with Crippen LogP contribution in [0.5, 0.6) is 0 Å². The average molecular weight is 345 g/mol. The number of carbonyl (C=O) groups excluding carboxylic acids is 1. The molecule has 0 aliphatic heterocycles. The summed E-state index contributed by atoms with van der Waals surface area (Å²) >= 11 is 9.39. The Hall–Kier alpha value is -1.000. The lowest BCUT2D eigenvalue weighted by atomic mass is 10.1. The Kier molecular flexibility index (Phi) is 3.92. The van der Waals surface area contributed by atoms with Crippen molar-refractivity contribution in [3.63, 3.8) is 0 Å². The first-order chi connectivity index (χ1) is 8.81. The van der Waals surface area contributed by atoms with Crippen LogP contribution in [0.25, 0.3) is 10.9 Å². The van der Waals surface area contributed by atoms with Crippen LogP contribution < -0.4 is 0 Å². The number of aromatic amines is 1. The lowest BCUT2D eigenvalue weighted by Gasteiger charge is -2.19. The van der Waals surface area contributed by atoms with Crippen molar-refractivity contribution in [1.29, 1.82) is 0 Å². The van der Waals surface area contributed by atoms with E-state index in [4.69, 9.17) is 16.3 Å². The zero-order valence-corrected chi connectivity index (χ0v) is 13.4. The number of rotatable bonds is 2. The summed E-state index contributed by atoms with van der Waals surface area (Å²) in [5, 5.41) is 0.935. The SMILES string of the molecule is CC(C)(C)OC(=O)c1[nH]c2ccc(Br)cc2c1CCl. The molecule has 0 radical (unpaired) electrons. The summed E-state index contributed by atoms with van der Waals surface area (Å²) < 4.78 is 6.33. The van der Waals surface area contributed by atoms with Gasteiger partial charge in [0.15, 0.2) is 0 Å². The molecule has 0 saturated heterocycles. The maximum absolute atomic E-state index is 12.2. The second-order valence-electron chi connectivity index (χ2n) is 5.30. The maximum atomic E-state index is 12.2. The summed E-state index contributed by atoms with van der Waals surface area (Å²) in [4.78, 5) is 15.3. The minimum atomic E-state index is -0.529. The van der Waals surface area contributed by atoms with Crippen molar-refractivity contribution in [2.45, 2.75) is 32.3 Å². The highest BCUT2D eigenvalue weighted by Gasteiger charge is 2.23. The Morgan fingerprint density at radius 2 is 2.11 bits per heavy atom. The van der Waals surface area contributed by atoms with E-state index >= 15 is 0 Å². The van der Waals surface area contributed by atoms with Crippen LogP contribution in [0.4, 0.5) is 0 Å². The fraction of sp³-hybridized carbons (Fsp3) is 0.357. The molecule has 0 fully saturated rings. The first-order valence-corrected chi connectivity index (χ1v) is 7.24. The normalized spacial score (nSPS) is 11.8. The molecule has 0 atom stereocenters. The van der Waals surface area contributed by atoms with Gasteiger partial charge in [-0.3, -0.25) is 0 Å². The summed E-state index contributed by atoms with van der Waals surface area (Å²) in [6.45, 7) is 5.51. The minimum Gasteiger partial charge on any atom is -0.455 e. The van der Waals surface area contributed by atoms with Crippen molar-refractivity contribution >= 4 is 44.4 Å². The van der Waals surface area contributed by atoms with Gasteiger partial charge in [-0.1, -0.05) is 15.9 Å². The Labute approximate surface area is 125 Å². The van der Waals surface area contributed by atoms with Gasteiger partial charge in [-0.15, -0.1) is 11.6 Å². The molecule has 0 saturated carbocycles. The highest BCUT2D eigenvalue weighted by atomic mass is 79.9. The van der Waals surface area contributed by atoms with Gasteiger partial charge in [-0.05, 0) is 39.0 Å². The molecule has 1 heterocycles. The van der Waals surface area contributed by atoms with Gasteiger partial charge in [-0.2, -0.15) is 0 Å². The summed E-state index contributed by atoms with van der Waals surface area (Å²) in [6, 6.07) is 5.76. The Morgan fingerprint density at radius 1 is 1.42 bits per heavy atom. The summed E-state index contributed by atoms with van der Waals surface area (Å²) in [5.74, 6) is -0.124. The van der Waals surface area contributed by atoms with Crippen LogP contribution in [0.15, 0.2) is 22.7 Å². The number of aromatic nitrogens is 1. The zero-order valence-electron chi connectivity index (χ0n) is 11.0. The molecule has 1 N–H and O–H groups in total. The number of hydrogen-bond donors (Lipinski definition) is 1. The molecule has 19 heavy (non-hydrogen) atoms. The van der Waals surface area contributed by atoms with Crippen LogP contribution in [0.3, 0.4) is 0 Å². The Morgan fingerprint density at radius 3 is 2.68 bits per heavy atom. The molecule has 0 spiro atoms. The van der Waals surface area contributed by atoms with E-state index in [1.807, 2.05) is 39.0 Å². The highest BCUT2D eigenvalue weighted by molar-refractivity contribution is 9.10. The van der Waals surface area contributed by atoms with E-state index in [-0.39, 0.29) is 11.8 Å². The van der Waals surface area contributed by atoms with Gasteiger partial charge in [0.2, 0.25) is 0 Å². The predicted octanol–water partition coefficient (Wildman–Crippen LogP) is 4.62. The molecule has 3 nitrogen and oxygen atoms in total. The number of fused-ring (bicyclic) bond motifs is 1. The lowest BCUT2D eigenvalue weighted by Crippen LogP contribution is -2.24. The third kappa shape index (κ3) is 3.12. The van der Waals surface area contributed by atoms with Crippen LogP contribution in [0.1, 0.15) is 36.8 Å². The topological polar surface area (TPSA) is 42.1 Å². The number of ether oxygens (including phenoxy) is 1. The van der Waals surface area contributed by atoms with E-state index in [9.17, 15) is 4.79 Å². The van der Waals surface area contributed by atoms with E-state index in [0.29, 0.717) is 5.69 Å². The van der Waals surface area contributed by atoms with Crippen molar-refractivity contribution < 1.29 is 9.53 Å². The van der Waals surface area contributed by atoms with Crippen LogP contribution in [-0.4, -0.2) is 16.6 Å². The highest BCUT2D eigenvalue weighted by Crippen LogP contribution is 2.28. The molecular weight excluding hydrogens is 330 g/mol. The van der Waals surface area contributed by atoms with Crippen LogP contribution >= 0.6 is 27.5 Å². The third-order valence-electron chi connectivity index (χ3n) is 2.60. The number of carbonyl (C=O) groups is 1. The number of halogens is 2. The predicted molar refractivity (Wildman–Crippen MR) is 80.7 cm³/mol. The van der Waals surface area contributed by atoms with Gasteiger partial charge in [0.1, 0.15) is 11.3 Å². The van der Waals surface area contributed by atoms with Gasteiger partial charge < -0.3 is 9.72 Å². The fourth-order valence-electron chi connectivity index (χ4n) is 1.86. The van der Waals surface area contributed by atoms with E-state index in [1.54, 1.807) is 0 Å². The van der Waals surface area contributed by atoms with Crippen molar-refractivity contribution in [2.24, 2.45) is 0 Å². The van der Waals surface area contributed by atoms with Gasteiger partial charge >= 0.3 is 5.97 Å². The number of hydrogen-bond acceptors (Lipinski definition) is 2. The molecular formula is C14H15BrClNO2. The van der Waals surface area contributed by atoms with E-state index < -0.39 is 5.60 Å². The number of nitrogens with one attached hydrogen (secondary N) is 1. The molecule has 2 aromatic rings. The monoisotopic (exact) mass is 343 g/mol. The smallest absolute Gasteiger partial charge is 0.355 e. The Bertz CT molecular complexity index is 628. The maximum Gasteiger partial charge on any atom is 0.355 e. The largest absolute Gasteiger partial charge is 0.455 e. The van der Waals surface area contributed by atoms with Crippen molar-refractivity contribution in [3.8, 4) is 0 Å². The summed E-state index contributed by atoms with van der Waals surface area (Å²) in [6.07, 6.45) is 0. The molecule has 0 bridgehead atoms. The molecule has 1 aromatic heterocycles. The molecule has 2 rings (SSSR count). The summed E-state index contributed by atoms with van der Waals surface area (Å²) in [5.41, 5.74) is 1.54. The third-order valence-corrected chi connectivity index (χ3v) is 3.37. The number of esters is 1. The standard InChI is InChI=1S/C14H15BrClNO2/c1-14(2,3)19-13(18)12-10(7-16)9-6-8(15)4-5-11(9)17-12/h4-6,17H,7H2,1-3H3. The molecule has 5 heteroatoms. The van der Waals surface area contributed by atoms with Crippen LogP contribution in [0, 0.1) is 0 Å². The van der Waals surface area contributed by atoms with Gasteiger partial charge in [0.25, 0.3) is 0 Å². The van der Waals surface area contributed by atoms with Gasteiger partial charge in [-0.25, -0.2) is 4.79 Å². The second kappa shape index (κ2) is 5.17. The van der Waals surface area contributed by atoms with E-state index in [2.05, 4.69) is 20.9 Å². The number of H-pyrrole nitrogens is 1. The van der Waals surface area contributed by atoms with E-state index in [0.717, 1.165) is 20.9 Å². The minimum absolute atomic E-state index is 0.255. The molecule has 0 aliphatic carbocycles. The van der Waals surface area contributed by atoms with Crippen molar-refractivity contribution in [3.05, 3.63) is 33.9 Å². The second-order valence-corrected chi connectivity index (χ2v) is 6.49. The lowest BCUT2D eigenvalue weighted by molar-refractivity contribution is 0.00630. The van der Waals surface area contributed by atoms with Crippen molar-refractivity contribution in [1.82, 2.24) is 4.98 Å². The molecule has 1 aromatic carbocycles. The average Bonchev–Trinajstić information content (AvgIpc) is 2.64. The quantitative estimate of drug-likeness (QED) is 0.638. The molecule has 102 valence electrons. The number of alkyl halides is 1. The first kappa shape index (κ1) is 14.4. The van der Waals surface area contributed by atoms with E-state index in [1.165, 1.54) is 0 Å². The van der Waals surface area contributed by atoms with Gasteiger partial charge in [0.05, 0.1) is 5.88 Å². The van der Waals surface area contributed by atoms with Crippen LogP contribution in [0.2, 0.25) is 0 Å². The molecule has 0 amide bonds. The molecule has 0 unspecified atom stereocenters. The summed E-state index contributed by atoms with van der Waals surface area (Å²) in [7, 11) is 0. The van der Waals surface area contributed by atoms with Gasteiger partial charge in [0, 0.05) is 20.9 Å². The number of benzene rings is 1. The zero-order chi connectivity index (χ0) is 14.2. The van der Waals surface area contributed by atoms with Crippen LogP contribution in [-0.2, 0) is 10.6 Å². The fourth-order valence-corrected chi connectivity index (χ4v) is 2.50. The molecule has 0 aliphatic rings.